The van der Waals surface area contributed by atoms with Crippen molar-refractivity contribution in [3.8, 4) is 0 Å². The van der Waals surface area contributed by atoms with Crippen LogP contribution in [0, 0.1) is 0 Å². The molecule has 0 amide bonds. The van der Waals surface area contributed by atoms with Crippen LogP contribution in [0.25, 0.3) is 0 Å². The van der Waals surface area contributed by atoms with Crippen molar-refractivity contribution >= 4 is 11.8 Å². The van der Waals surface area contributed by atoms with Gasteiger partial charge in [0.05, 0.1) is 0 Å². The second-order valence-electron chi connectivity index (χ2n) is 5.19. The molecule has 0 aliphatic carbocycles. The molecule has 0 heterocycles. The van der Waals surface area contributed by atoms with Gasteiger partial charge in [-0.2, -0.15) is 11.8 Å². The van der Waals surface area contributed by atoms with Crippen molar-refractivity contribution in [3.05, 3.63) is 0 Å². The molecule has 2 heteroatoms. The van der Waals surface area contributed by atoms with Gasteiger partial charge in [0.1, 0.15) is 0 Å². The maximum Gasteiger partial charge on any atom is 0.0158 e. The van der Waals surface area contributed by atoms with Crippen LogP contribution in [0.2, 0.25) is 0 Å². The van der Waals surface area contributed by atoms with Crippen molar-refractivity contribution < 1.29 is 0 Å². The summed E-state index contributed by atoms with van der Waals surface area (Å²) in [6, 6.07) is 0.735. The summed E-state index contributed by atoms with van der Waals surface area (Å²) in [4.78, 5) is 0. The summed E-state index contributed by atoms with van der Waals surface area (Å²) in [6.45, 7) is 10.2. The van der Waals surface area contributed by atoms with Crippen LogP contribution in [0.15, 0.2) is 0 Å². The van der Waals surface area contributed by atoms with Gasteiger partial charge in [0, 0.05) is 11.8 Å². The van der Waals surface area contributed by atoms with Crippen LogP contribution in [0.4, 0.5) is 0 Å². The molecule has 0 fully saturated rings. The van der Waals surface area contributed by atoms with E-state index in [1.807, 2.05) is 0 Å². The first-order valence-electron chi connectivity index (χ1n) is 7.55. The maximum absolute atomic E-state index is 3.62. The summed E-state index contributed by atoms with van der Waals surface area (Å²) in [5, 5.41) is 4.38. The quantitative estimate of drug-likeness (QED) is 0.502. The lowest BCUT2D eigenvalue weighted by molar-refractivity contribution is 0.494. The zero-order chi connectivity index (χ0) is 12.9. The Kier molecular flexibility index (Phi) is 13.0. The van der Waals surface area contributed by atoms with Gasteiger partial charge < -0.3 is 5.32 Å². The first kappa shape index (κ1) is 17.3. The molecular weight excluding hydrogens is 226 g/mol. The van der Waals surface area contributed by atoms with Crippen molar-refractivity contribution in [2.75, 3.05) is 12.3 Å². The minimum atomic E-state index is 0.735. The summed E-state index contributed by atoms with van der Waals surface area (Å²) in [5.41, 5.74) is 0. The Balaban J connectivity index is 3.48. The highest BCUT2D eigenvalue weighted by Crippen LogP contribution is 2.15. The van der Waals surface area contributed by atoms with E-state index in [0.717, 1.165) is 17.8 Å². The minimum absolute atomic E-state index is 0.735. The molecule has 0 aromatic heterocycles. The predicted molar refractivity (Wildman–Crippen MR) is 83.1 cm³/mol. The average molecular weight is 260 g/mol. The second kappa shape index (κ2) is 12.8. The van der Waals surface area contributed by atoms with Gasteiger partial charge in [-0.05, 0) is 18.2 Å². The Morgan fingerprint density at radius 1 is 0.941 bits per heavy atom. The van der Waals surface area contributed by atoms with Gasteiger partial charge in [-0.3, -0.25) is 0 Å². The fourth-order valence-corrected chi connectivity index (χ4v) is 2.91. The van der Waals surface area contributed by atoms with Crippen LogP contribution in [0.3, 0.4) is 0 Å². The van der Waals surface area contributed by atoms with Crippen molar-refractivity contribution in [2.24, 2.45) is 0 Å². The normalized spacial score (nSPS) is 13.2. The SMILES string of the molecule is CCCCCCCCC(CSC(C)C)NCC. The largest absolute Gasteiger partial charge is 0.313 e. The number of unbranched alkanes of at least 4 members (excludes halogenated alkanes) is 5. The van der Waals surface area contributed by atoms with Gasteiger partial charge in [0.15, 0.2) is 0 Å². The topological polar surface area (TPSA) is 12.0 Å². The highest BCUT2D eigenvalue weighted by molar-refractivity contribution is 7.99. The van der Waals surface area contributed by atoms with Crippen LogP contribution in [-0.4, -0.2) is 23.6 Å². The van der Waals surface area contributed by atoms with Gasteiger partial charge in [-0.25, -0.2) is 0 Å². The number of nitrogens with one attached hydrogen (secondary N) is 1. The van der Waals surface area contributed by atoms with Gasteiger partial charge in [0.2, 0.25) is 0 Å². The maximum atomic E-state index is 3.62. The van der Waals surface area contributed by atoms with Crippen molar-refractivity contribution in [3.63, 3.8) is 0 Å². The molecule has 0 aliphatic heterocycles. The highest BCUT2D eigenvalue weighted by atomic mass is 32.2. The zero-order valence-corrected chi connectivity index (χ0v) is 13.2. The Hall–Kier alpha value is 0.310. The molecule has 1 unspecified atom stereocenters. The van der Waals surface area contributed by atoms with Crippen LogP contribution in [0.1, 0.15) is 72.6 Å². The minimum Gasteiger partial charge on any atom is -0.313 e. The first-order chi connectivity index (χ1) is 8.20. The van der Waals surface area contributed by atoms with Gasteiger partial charge in [-0.1, -0.05) is 66.2 Å². The number of thioether (sulfide) groups is 1. The Bertz CT molecular complexity index is 148. The number of rotatable bonds is 12. The molecule has 0 rings (SSSR count). The molecule has 0 aliphatic rings. The summed E-state index contributed by atoms with van der Waals surface area (Å²) in [5.74, 6) is 1.28. The fourth-order valence-electron chi connectivity index (χ4n) is 2.01. The van der Waals surface area contributed by atoms with E-state index in [4.69, 9.17) is 0 Å². The van der Waals surface area contributed by atoms with Crippen LogP contribution in [-0.2, 0) is 0 Å². The highest BCUT2D eigenvalue weighted by Gasteiger charge is 2.07. The third-order valence-corrected chi connectivity index (χ3v) is 4.29. The third kappa shape index (κ3) is 12.6. The Labute approximate surface area is 114 Å². The Morgan fingerprint density at radius 2 is 1.59 bits per heavy atom. The van der Waals surface area contributed by atoms with E-state index in [-0.39, 0.29) is 0 Å². The monoisotopic (exact) mass is 259 g/mol. The van der Waals surface area contributed by atoms with E-state index in [1.165, 1.54) is 50.7 Å². The molecule has 0 saturated heterocycles. The van der Waals surface area contributed by atoms with E-state index >= 15 is 0 Å². The molecule has 0 radical (unpaired) electrons. The van der Waals surface area contributed by atoms with E-state index in [2.05, 4.69) is 44.8 Å². The zero-order valence-electron chi connectivity index (χ0n) is 12.4. The molecule has 0 spiro atoms. The molecule has 1 atom stereocenters. The number of hydrogen-bond acceptors (Lipinski definition) is 2. The molecule has 17 heavy (non-hydrogen) atoms. The van der Waals surface area contributed by atoms with E-state index in [1.54, 1.807) is 0 Å². The summed E-state index contributed by atoms with van der Waals surface area (Å²) >= 11 is 2.09. The van der Waals surface area contributed by atoms with Crippen molar-refractivity contribution in [2.45, 2.75) is 83.9 Å². The lowest BCUT2D eigenvalue weighted by atomic mass is 10.1. The van der Waals surface area contributed by atoms with Crippen molar-refractivity contribution in [1.29, 1.82) is 0 Å². The van der Waals surface area contributed by atoms with Crippen LogP contribution < -0.4 is 5.32 Å². The van der Waals surface area contributed by atoms with Crippen molar-refractivity contribution in [1.82, 2.24) is 5.32 Å². The van der Waals surface area contributed by atoms with Crippen LogP contribution >= 0.6 is 11.8 Å². The number of hydrogen-bond donors (Lipinski definition) is 1. The summed E-state index contributed by atoms with van der Waals surface area (Å²) in [6.07, 6.45) is 9.83. The summed E-state index contributed by atoms with van der Waals surface area (Å²) in [7, 11) is 0. The lowest BCUT2D eigenvalue weighted by Crippen LogP contribution is -2.31. The van der Waals surface area contributed by atoms with Gasteiger partial charge in [0.25, 0.3) is 0 Å². The summed E-state index contributed by atoms with van der Waals surface area (Å²) < 4.78 is 0. The van der Waals surface area contributed by atoms with E-state index in [0.29, 0.717) is 0 Å². The van der Waals surface area contributed by atoms with Gasteiger partial charge >= 0.3 is 0 Å². The molecule has 0 aromatic carbocycles. The lowest BCUT2D eigenvalue weighted by Gasteiger charge is -2.18. The molecular formula is C15H33NS. The fraction of sp³-hybridized carbons (Fsp3) is 1.00. The predicted octanol–water partition coefficient (Wildman–Crippen LogP) is 4.86. The second-order valence-corrected chi connectivity index (χ2v) is 6.80. The molecule has 0 saturated carbocycles. The standard InChI is InChI=1S/C15H33NS/c1-5-7-8-9-10-11-12-15(16-6-2)13-17-14(3)4/h14-16H,5-13H2,1-4H3. The van der Waals surface area contributed by atoms with E-state index < -0.39 is 0 Å². The van der Waals surface area contributed by atoms with Gasteiger partial charge in [-0.15, -0.1) is 0 Å². The first-order valence-corrected chi connectivity index (χ1v) is 8.60. The molecule has 104 valence electrons. The Morgan fingerprint density at radius 3 is 2.18 bits per heavy atom. The molecule has 1 nitrogen and oxygen atoms in total. The molecule has 0 aromatic rings. The van der Waals surface area contributed by atoms with E-state index in [9.17, 15) is 0 Å². The molecule has 0 bridgehead atoms. The average Bonchev–Trinajstić information content (AvgIpc) is 2.30. The van der Waals surface area contributed by atoms with Crippen LogP contribution in [0.5, 0.6) is 0 Å². The smallest absolute Gasteiger partial charge is 0.0158 e. The molecule has 1 N–H and O–H groups in total. The third-order valence-electron chi connectivity index (χ3n) is 3.03.